The number of benzene rings is 2. The summed E-state index contributed by atoms with van der Waals surface area (Å²) < 4.78 is 5.45. The van der Waals surface area contributed by atoms with Gasteiger partial charge in [-0.15, -0.1) is 0 Å². The summed E-state index contributed by atoms with van der Waals surface area (Å²) in [6.45, 7) is 0.103. The Morgan fingerprint density at radius 3 is 2.28 bits per heavy atom. The number of fused-ring (bicyclic) bond motifs is 1. The van der Waals surface area contributed by atoms with E-state index in [1.807, 2.05) is 36.4 Å². The third-order valence-electron chi connectivity index (χ3n) is 7.25. The Morgan fingerprint density at radius 1 is 0.931 bits per heavy atom. The lowest BCUT2D eigenvalue weighted by atomic mass is 9.63. The molecule has 4 aliphatic carbocycles. The van der Waals surface area contributed by atoms with Crippen LogP contribution in [0.5, 0.6) is 5.75 Å². The first kappa shape index (κ1) is 17.0. The van der Waals surface area contributed by atoms with E-state index in [1.54, 1.807) is 6.07 Å². The van der Waals surface area contributed by atoms with Crippen molar-refractivity contribution in [3.05, 3.63) is 54.6 Å². The molecular formula is C24H21NO4. The SMILES string of the molecule is O=C(CCN1C(=O)[C@H]2[C@@H]3C=C[C@H]([C@@H]4C[C@H]34)[C@@H]2C1=O)Oc1ccc2ccccc2c1. The molecule has 0 radical (unpaired) electrons. The number of rotatable bonds is 4. The number of nitrogens with zero attached hydrogens (tertiary/aromatic N) is 1. The molecule has 1 saturated heterocycles. The van der Waals surface area contributed by atoms with Gasteiger partial charge in [0, 0.05) is 6.54 Å². The number of carbonyl (C=O) groups excluding carboxylic acids is 3. The predicted octanol–water partition coefficient (Wildman–Crippen LogP) is 3.19. The fraction of sp³-hybridized carbons (Fsp3) is 0.375. The van der Waals surface area contributed by atoms with Crippen molar-refractivity contribution in [2.45, 2.75) is 12.8 Å². The minimum absolute atomic E-state index is 0.0133. The number of ether oxygens (including phenoxy) is 1. The van der Waals surface area contributed by atoms with Crippen molar-refractivity contribution in [1.29, 1.82) is 0 Å². The van der Waals surface area contributed by atoms with Crippen LogP contribution in [-0.4, -0.2) is 29.2 Å². The van der Waals surface area contributed by atoms with Crippen molar-refractivity contribution in [3.8, 4) is 5.75 Å². The minimum atomic E-state index is -0.431. The molecule has 3 fully saturated rings. The highest BCUT2D eigenvalue weighted by molar-refractivity contribution is 6.06. The molecule has 2 bridgehead atoms. The molecule has 0 unspecified atom stereocenters. The van der Waals surface area contributed by atoms with Crippen LogP contribution < -0.4 is 4.74 Å². The number of imide groups is 1. The molecule has 0 aromatic heterocycles. The Kier molecular flexibility index (Phi) is 3.52. The number of esters is 1. The summed E-state index contributed by atoms with van der Waals surface area (Å²) in [5, 5.41) is 2.07. The third kappa shape index (κ3) is 2.49. The maximum absolute atomic E-state index is 12.9. The molecule has 2 saturated carbocycles. The van der Waals surface area contributed by atoms with Crippen LogP contribution in [0.2, 0.25) is 0 Å². The lowest BCUT2D eigenvalue weighted by Gasteiger charge is -2.37. The van der Waals surface area contributed by atoms with E-state index in [1.165, 1.54) is 4.90 Å². The highest BCUT2D eigenvalue weighted by Gasteiger charge is 2.66. The first-order chi connectivity index (χ1) is 14.1. The summed E-state index contributed by atoms with van der Waals surface area (Å²) in [6.07, 6.45) is 5.47. The Balaban J connectivity index is 1.13. The van der Waals surface area contributed by atoms with E-state index in [0.29, 0.717) is 17.6 Å². The van der Waals surface area contributed by atoms with Gasteiger partial charge in [-0.05, 0) is 53.0 Å². The second kappa shape index (κ2) is 6.02. The number of hydrogen-bond acceptors (Lipinski definition) is 4. The van der Waals surface area contributed by atoms with Crippen molar-refractivity contribution in [3.63, 3.8) is 0 Å². The lowest BCUT2D eigenvalue weighted by molar-refractivity contribution is -0.141. The van der Waals surface area contributed by atoms with E-state index in [2.05, 4.69) is 12.2 Å². The molecule has 0 N–H and O–H groups in total. The van der Waals surface area contributed by atoms with Crippen molar-refractivity contribution < 1.29 is 19.1 Å². The summed E-state index contributed by atoms with van der Waals surface area (Å²) in [7, 11) is 0. The Labute approximate surface area is 168 Å². The van der Waals surface area contributed by atoms with Gasteiger partial charge in [-0.3, -0.25) is 19.3 Å². The average Bonchev–Trinajstić information content (AvgIpc) is 3.51. The molecule has 5 aliphatic rings. The van der Waals surface area contributed by atoms with Crippen LogP contribution in [0.1, 0.15) is 12.8 Å². The Bertz CT molecular complexity index is 1050. The number of allylic oxidation sites excluding steroid dienone is 2. The molecular weight excluding hydrogens is 366 g/mol. The van der Waals surface area contributed by atoms with Crippen LogP contribution in [0.25, 0.3) is 10.8 Å². The van der Waals surface area contributed by atoms with Crippen LogP contribution in [0.4, 0.5) is 0 Å². The van der Waals surface area contributed by atoms with E-state index in [-0.39, 0.29) is 48.5 Å². The summed E-state index contributed by atoms with van der Waals surface area (Å²) in [5.74, 6) is 1.02. The molecule has 2 aromatic carbocycles. The van der Waals surface area contributed by atoms with Gasteiger partial charge in [-0.25, -0.2) is 0 Å². The van der Waals surface area contributed by atoms with Gasteiger partial charge in [0.25, 0.3) is 0 Å². The zero-order valence-corrected chi connectivity index (χ0v) is 15.9. The van der Waals surface area contributed by atoms with Gasteiger partial charge in [0.05, 0.1) is 18.3 Å². The van der Waals surface area contributed by atoms with Gasteiger partial charge in [-0.1, -0.05) is 42.5 Å². The summed E-state index contributed by atoms with van der Waals surface area (Å²) >= 11 is 0. The maximum Gasteiger partial charge on any atom is 0.312 e. The first-order valence-electron chi connectivity index (χ1n) is 10.3. The van der Waals surface area contributed by atoms with Crippen LogP contribution in [0.3, 0.4) is 0 Å². The highest BCUT2D eigenvalue weighted by Crippen LogP contribution is 2.65. The van der Waals surface area contributed by atoms with Crippen molar-refractivity contribution >= 4 is 28.6 Å². The van der Waals surface area contributed by atoms with E-state index in [4.69, 9.17) is 4.74 Å². The molecule has 5 heteroatoms. The third-order valence-corrected chi connectivity index (χ3v) is 7.25. The quantitative estimate of drug-likeness (QED) is 0.350. The largest absolute Gasteiger partial charge is 0.426 e. The maximum atomic E-state index is 12.9. The van der Waals surface area contributed by atoms with Gasteiger partial charge in [0.1, 0.15) is 5.75 Å². The van der Waals surface area contributed by atoms with Gasteiger partial charge < -0.3 is 4.74 Å². The van der Waals surface area contributed by atoms with Crippen LogP contribution in [-0.2, 0) is 14.4 Å². The topological polar surface area (TPSA) is 63.7 Å². The first-order valence-corrected chi connectivity index (χ1v) is 10.3. The molecule has 1 aliphatic heterocycles. The van der Waals surface area contributed by atoms with E-state index in [9.17, 15) is 14.4 Å². The zero-order valence-electron chi connectivity index (χ0n) is 15.9. The number of hydrogen-bond donors (Lipinski definition) is 0. The van der Waals surface area contributed by atoms with Gasteiger partial charge >= 0.3 is 5.97 Å². The highest BCUT2D eigenvalue weighted by atomic mass is 16.5. The molecule has 0 spiro atoms. The van der Waals surface area contributed by atoms with E-state index >= 15 is 0 Å². The van der Waals surface area contributed by atoms with Crippen LogP contribution in [0.15, 0.2) is 54.6 Å². The van der Waals surface area contributed by atoms with Gasteiger partial charge in [0.2, 0.25) is 11.8 Å². The molecule has 5 nitrogen and oxygen atoms in total. The molecule has 2 aromatic rings. The van der Waals surface area contributed by atoms with Crippen molar-refractivity contribution in [2.75, 3.05) is 6.54 Å². The smallest absolute Gasteiger partial charge is 0.312 e. The van der Waals surface area contributed by atoms with Crippen LogP contribution >= 0.6 is 0 Å². The lowest BCUT2D eigenvalue weighted by Crippen LogP contribution is -2.40. The summed E-state index contributed by atoms with van der Waals surface area (Å²) in [4.78, 5) is 39.5. The van der Waals surface area contributed by atoms with Crippen molar-refractivity contribution in [2.24, 2.45) is 35.5 Å². The number of likely N-dealkylation sites (tertiary alicyclic amines) is 1. The van der Waals surface area contributed by atoms with Gasteiger partial charge in [0.15, 0.2) is 0 Å². The van der Waals surface area contributed by atoms with E-state index in [0.717, 1.165) is 17.2 Å². The fourth-order valence-electron chi connectivity index (χ4n) is 5.86. The standard InChI is InChI=1S/C24H21NO4/c26-20(29-15-6-5-13-3-1-2-4-14(13)11-15)9-10-25-23(27)21-16-7-8-17(19-12-18(16)19)22(21)24(25)28/h1-8,11,16-19,21-22H,9-10,12H2/t16-,17-,18-,19+,21+,22+/m1/s1. The fourth-order valence-corrected chi connectivity index (χ4v) is 5.86. The normalized spacial score (nSPS) is 33.7. The average molecular weight is 387 g/mol. The van der Waals surface area contributed by atoms with Crippen LogP contribution in [0, 0.1) is 35.5 Å². The molecule has 2 amide bonds. The molecule has 29 heavy (non-hydrogen) atoms. The zero-order chi connectivity index (χ0) is 19.7. The number of amides is 2. The van der Waals surface area contributed by atoms with Crippen molar-refractivity contribution in [1.82, 2.24) is 4.90 Å². The second-order valence-corrected chi connectivity index (χ2v) is 8.72. The minimum Gasteiger partial charge on any atom is -0.426 e. The Hall–Kier alpha value is -2.95. The predicted molar refractivity (Wildman–Crippen MR) is 106 cm³/mol. The van der Waals surface area contributed by atoms with Gasteiger partial charge in [-0.2, -0.15) is 0 Å². The second-order valence-electron chi connectivity index (χ2n) is 8.72. The molecule has 1 heterocycles. The molecule has 146 valence electrons. The molecule has 7 rings (SSSR count). The monoisotopic (exact) mass is 387 g/mol. The Morgan fingerprint density at radius 2 is 1.59 bits per heavy atom. The van der Waals surface area contributed by atoms with E-state index < -0.39 is 5.97 Å². The number of carbonyl (C=O) groups is 3. The molecule has 6 atom stereocenters. The summed E-state index contributed by atoms with van der Waals surface area (Å²) in [5.41, 5.74) is 0. The summed E-state index contributed by atoms with van der Waals surface area (Å²) in [6, 6.07) is 13.3.